The van der Waals surface area contributed by atoms with E-state index >= 15 is 0 Å². The Hall–Kier alpha value is -3.88. The van der Waals surface area contributed by atoms with Gasteiger partial charge >= 0.3 is 0 Å². The van der Waals surface area contributed by atoms with E-state index in [2.05, 4.69) is 10.4 Å². The number of nitro benzene ring substituents is 1. The summed E-state index contributed by atoms with van der Waals surface area (Å²) in [5.41, 5.74) is 1.24. The molecular weight excluding hydrogens is 376 g/mol. The van der Waals surface area contributed by atoms with E-state index in [0.29, 0.717) is 29.4 Å². The van der Waals surface area contributed by atoms with Crippen LogP contribution >= 0.6 is 0 Å². The van der Waals surface area contributed by atoms with Crippen molar-refractivity contribution in [3.8, 4) is 11.5 Å². The average Bonchev–Trinajstić information content (AvgIpc) is 3.14. The normalized spacial score (nSPS) is 10.4. The Morgan fingerprint density at radius 1 is 1.17 bits per heavy atom. The lowest BCUT2D eigenvalue weighted by atomic mass is 10.1. The molecule has 3 aromatic rings. The first-order chi connectivity index (χ1) is 14.0. The van der Waals surface area contributed by atoms with Crippen LogP contribution in [0.15, 0.2) is 48.7 Å². The van der Waals surface area contributed by atoms with E-state index in [1.807, 2.05) is 12.1 Å². The van der Waals surface area contributed by atoms with Crippen LogP contribution in [0.1, 0.15) is 21.5 Å². The number of ether oxygens (including phenoxy) is 2. The molecule has 0 saturated carbocycles. The molecule has 0 atom stereocenters. The maximum absolute atomic E-state index is 12.7. The van der Waals surface area contributed by atoms with E-state index in [-0.39, 0.29) is 11.3 Å². The van der Waals surface area contributed by atoms with Gasteiger partial charge in [0, 0.05) is 28.8 Å². The van der Waals surface area contributed by atoms with Gasteiger partial charge in [-0.2, -0.15) is 5.10 Å². The van der Waals surface area contributed by atoms with Crippen molar-refractivity contribution in [3.05, 3.63) is 75.5 Å². The number of anilines is 1. The highest BCUT2D eigenvalue weighted by Crippen LogP contribution is 2.31. The molecule has 9 nitrogen and oxygen atoms in total. The predicted octanol–water partition coefficient (Wildman–Crippen LogP) is 3.42. The minimum absolute atomic E-state index is 0.104. The molecule has 150 valence electrons. The fraction of sp³-hybridized carbons (Fsp3) is 0.200. The van der Waals surface area contributed by atoms with Crippen LogP contribution in [0.4, 0.5) is 11.5 Å². The van der Waals surface area contributed by atoms with Crippen molar-refractivity contribution in [1.82, 2.24) is 9.78 Å². The van der Waals surface area contributed by atoms with Crippen LogP contribution in [0.2, 0.25) is 0 Å². The highest BCUT2D eigenvalue weighted by Gasteiger charge is 2.19. The van der Waals surface area contributed by atoms with Gasteiger partial charge in [-0.3, -0.25) is 14.9 Å². The highest BCUT2D eigenvalue weighted by molar-refractivity contribution is 6.05. The summed E-state index contributed by atoms with van der Waals surface area (Å²) in [7, 11) is 3.11. The van der Waals surface area contributed by atoms with E-state index in [4.69, 9.17) is 9.47 Å². The number of para-hydroxylation sites is 1. The molecule has 1 aromatic heterocycles. The highest BCUT2D eigenvalue weighted by atomic mass is 16.6. The molecular formula is C20H20N4O5. The first-order valence-corrected chi connectivity index (χ1v) is 8.73. The van der Waals surface area contributed by atoms with Crippen molar-refractivity contribution >= 4 is 17.4 Å². The summed E-state index contributed by atoms with van der Waals surface area (Å²) in [6.45, 7) is 1.88. The number of aromatic nitrogens is 2. The standard InChI is InChI=1S/C20H20N4O5/c1-13-15(7-5-8-16(13)24(26)27)20(25)22-18-10-11-21-23(18)12-14-6-4-9-17(28-2)19(14)29-3/h4-11H,12H2,1-3H3,(H,22,25). The third kappa shape index (κ3) is 4.03. The van der Waals surface area contributed by atoms with Gasteiger partial charge in [0.25, 0.3) is 11.6 Å². The number of carbonyl (C=O) groups excluding carboxylic acids is 1. The minimum Gasteiger partial charge on any atom is -0.493 e. The summed E-state index contributed by atoms with van der Waals surface area (Å²) in [4.78, 5) is 23.3. The van der Waals surface area contributed by atoms with Crippen molar-refractivity contribution in [2.75, 3.05) is 19.5 Å². The fourth-order valence-corrected chi connectivity index (χ4v) is 3.06. The number of benzene rings is 2. The van der Waals surface area contributed by atoms with Gasteiger partial charge in [0.2, 0.25) is 0 Å². The van der Waals surface area contributed by atoms with Crippen molar-refractivity contribution in [3.63, 3.8) is 0 Å². The van der Waals surface area contributed by atoms with Crippen molar-refractivity contribution in [2.45, 2.75) is 13.5 Å². The predicted molar refractivity (Wildman–Crippen MR) is 107 cm³/mol. The molecule has 1 N–H and O–H groups in total. The zero-order chi connectivity index (χ0) is 21.0. The van der Waals surface area contributed by atoms with Crippen LogP contribution in [0.3, 0.4) is 0 Å². The second-order valence-corrected chi connectivity index (χ2v) is 6.19. The number of nitro groups is 1. The van der Waals surface area contributed by atoms with Gasteiger partial charge in [-0.25, -0.2) is 4.68 Å². The first-order valence-electron chi connectivity index (χ1n) is 8.73. The summed E-state index contributed by atoms with van der Waals surface area (Å²) in [6.07, 6.45) is 1.56. The van der Waals surface area contributed by atoms with Crippen molar-refractivity contribution < 1.29 is 19.2 Å². The number of nitrogens with one attached hydrogen (secondary N) is 1. The number of hydrogen-bond acceptors (Lipinski definition) is 6. The second kappa shape index (κ2) is 8.42. The van der Waals surface area contributed by atoms with Crippen molar-refractivity contribution in [2.24, 2.45) is 0 Å². The molecule has 0 radical (unpaired) electrons. The third-order valence-corrected chi connectivity index (χ3v) is 4.51. The van der Waals surface area contributed by atoms with E-state index < -0.39 is 10.8 Å². The molecule has 1 heterocycles. The largest absolute Gasteiger partial charge is 0.493 e. The molecule has 1 amide bonds. The topological polar surface area (TPSA) is 109 Å². The number of amides is 1. The van der Waals surface area contributed by atoms with E-state index in [9.17, 15) is 14.9 Å². The van der Waals surface area contributed by atoms with Gasteiger partial charge in [0.05, 0.1) is 31.9 Å². The summed E-state index contributed by atoms with van der Waals surface area (Å²) in [5.74, 6) is 1.17. The van der Waals surface area contributed by atoms with E-state index in [0.717, 1.165) is 5.56 Å². The maximum atomic E-state index is 12.7. The number of carbonyl (C=O) groups is 1. The molecule has 0 aliphatic carbocycles. The molecule has 29 heavy (non-hydrogen) atoms. The Bertz CT molecular complexity index is 1060. The Balaban J connectivity index is 1.86. The zero-order valence-electron chi connectivity index (χ0n) is 16.2. The lowest BCUT2D eigenvalue weighted by Gasteiger charge is -2.14. The SMILES string of the molecule is COc1cccc(Cn2nccc2NC(=O)c2cccc([N+](=O)[O-])c2C)c1OC. The summed E-state index contributed by atoms with van der Waals surface area (Å²) < 4.78 is 12.4. The third-order valence-electron chi connectivity index (χ3n) is 4.51. The van der Waals surface area contributed by atoms with Crippen LogP contribution in [0.25, 0.3) is 0 Å². The number of hydrogen-bond donors (Lipinski definition) is 1. The Morgan fingerprint density at radius 2 is 1.93 bits per heavy atom. The molecule has 0 aliphatic heterocycles. The van der Waals surface area contributed by atoms with E-state index in [1.54, 1.807) is 50.2 Å². The van der Waals surface area contributed by atoms with Crippen LogP contribution in [0.5, 0.6) is 11.5 Å². The van der Waals surface area contributed by atoms with Gasteiger partial charge in [-0.15, -0.1) is 0 Å². The number of nitrogens with zero attached hydrogens (tertiary/aromatic N) is 3. The van der Waals surface area contributed by atoms with Crippen LogP contribution in [-0.4, -0.2) is 34.8 Å². The number of methoxy groups -OCH3 is 2. The van der Waals surface area contributed by atoms with Crippen molar-refractivity contribution in [1.29, 1.82) is 0 Å². The lowest BCUT2D eigenvalue weighted by Crippen LogP contribution is -2.17. The molecule has 2 aromatic carbocycles. The van der Waals surface area contributed by atoms with E-state index in [1.165, 1.54) is 12.1 Å². The Kier molecular flexibility index (Phi) is 5.77. The molecule has 9 heteroatoms. The van der Waals surface area contributed by atoms with Gasteiger partial charge in [0.1, 0.15) is 5.82 Å². The molecule has 0 bridgehead atoms. The van der Waals surface area contributed by atoms with Crippen LogP contribution < -0.4 is 14.8 Å². The maximum Gasteiger partial charge on any atom is 0.273 e. The summed E-state index contributed by atoms with van der Waals surface area (Å²) in [5, 5.41) is 18.1. The van der Waals surface area contributed by atoms with Gasteiger partial charge < -0.3 is 14.8 Å². The molecule has 0 saturated heterocycles. The fourth-order valence-electron chi connectivity index (χ4n) is 3.06. The van der Waals surface area contributed by atoms with Gasteiger partial charge in [-0.05, 0) is 19.1 Å². The van der Waals surface area contributed by atoms with Crippen LogP contribution in [0, 0.1) is 17.0 Å². The Morgan fingerprint density at radius 3 is 2.62 bits per heavy atom. The Labute approximate surface area is 167 Å². The zero-order valence-corrected chi connectivity index (χ0v) is 16.2. The smallest absolute Gasteiger partial charge is 0.273 e. The average molecular weight is 396 g/mol. The van der Waals surface area contributed by atoms with Gasteiger partial charge in [0.15, 0.2) is 11.5 Å². The van der Waals surface area contributed by atoms with Crippen LogP contribution in [-0.2, 0) is 6.54 Å². The summed E-state index contributed by atoms with van der Waals surface area (Å²) in [6, 6.07) is 11.5. The summed E-state index contributed by atoms with van der Waals surface area (Å²) >= 11 is 0. The minimum atomic E-state index is -0.509. The lowest BCUT2D eigenvalue weighted by molar-refractivity contribution is -0.385. The molecule has 0 spiro atoms. The first kappa shape index (κ1) is 19.9. The molecule has 0 fully saturated rings. The quantitative estimate of drug-likeness (QED) is 0.484. The number of rotatable bonds is 7. The monoisotopic (exact) mass is 396 g/mol. The molecule has 0 unspecified atom stereocenters. The molecule has 3 rings (SSSR count). The molecule has 0 aliphatic rings. The second-order valence-electron chi connectivity index (χ2n) is 6.19. The van der Waals surface area contributed by atoms with Gasteiger partial charge in [-0.1, -0.05) is 18.2 Å².